The van der Waals surface area contributed by atoms with Crippen molar-refractivity contribution in [2.45, 2.75) is 0 Å². The van der Waals surface area contributed by atoms with Crippen LogP contribution in [0.25, 0.3) is 6.08 Å². The summed E-state index contributed by atoms with van der Waals surface area (Å²) in [5.41, 5.74) is 1.50. The zero-order valence-electron chi connectivity index (χ0n) is 17.2. The van der Waals surface area contributed by atoms with E-state index in [9.17, 15) is 19.7 Å². The fourth-order valence-electron chi connectivity index (χ4n) is 3.36. The molecule has 8 heteroatoms. The molecule has 1 aliphatic rings. The smallest absolute Gasteiger partial charge is 0.268 e. The van der Waals surface area contributed by atoms with E-state index in [1.54, 1.807) is 66.7 Å². The third kappa shape index (κ3) is 4.46. The third-order valence-corrected chi connectivity index (χ3v) is 5.28. The molecule has 1 aliphatic heterocycles. The normalized spacial score (nSPS) is 14.2. The van der Waals surface area contributed by atoms with Crippen LogP contribution in [0.1, 0.15) is 5.56 Å². The monoisotopic (exact) mass is 455 g/mol. The van der Waals surface area contributed by atoms with Crippen molar-refractivity contribution < 1.29 is 14.5 Å². The summed E-state index contributed by atoms with van der Waals surface area (Å²) in [6.45, 7) is 0. The van der Waals surface area contributed by atoms with Gasteiger partial charge in [0.1, 0.15) is 5.57 Å². The van der Waals surface area contributed by atoms with Gasteiger partial charge in [-0.1, -0.05) is 60.7 Å². The second-order valence-electron chi connectivity index (χ2n) is 7.03. The van der Waals surface area contributed by atoms with Crippen molar-refractivity contribution >= 4 is 52.3 Å². The van der Waals surface area contributed by atoms with Crippen LogP contribution in [-0.4, -0.2) is 21.9 Å². The summed E-state index contributed by atoms with van der Waals surface area (Å²) in [5.74, 6) is -1.10. The fourth-order valence-corrected chi connectivity index (χ4v) is 3.73. The number of nitrogens with zero attached hydrogens (tertiary/aromatic N) is 3. The summed E-state index contributed by atoms with van der Waals surface area (Å²) in [7, 11) is 0. The largest absolute Gasteiger partial charge is 0.270 e. The van der Waals surface area contributed by atoms with E-state index in [4.69, 9.17) is 12.2 Å². The van der Waals surface area contributed by atoms with Crippen LogP contribution in [0.15, 0.2) is 103 Å². The lowest BCUT2D eigenvalue weighted by atomic mass is 10.1. The van der Waals surface area contributed by atoms with Gasteiger partial charge >= 0.3 is 0 Å². The number of anilines is 2. The number of nitro benzene ring substituents is 1. The number of hydrogen-bond acceptors (Lipinski definition) is 5. The van der Waals surface area contributed by atoms with Gasteiger partial charge in [-0.2, -0.15) is 0 Å². The van der Waals surface area contributed by atoms with Crippen molar-refractivity contribution in [1.29, 1.82) is 0 Å². The Hall–Kier alpha value is -4.43. The van der Waals surface area contributed by atoms with Gasteiger partial charge in [-0.05, 0) is 48.1 Å². The van der Waals surface area contributed by atoms with Gasteiger partial charge in [0.2, 0.25) is 0 Å². The minimum Gasteiger partial charge on any atom is -0.268 e. The standard InChI is InChI=1S/C25H17N3O4S/c29-23-22(16-8-10-18-9-7-15-21(17-18)28(31)32)24(30)27(20-13-5-2-6-14-20)25(33)26(23)19-11-3-1-4-12-19/h1-17H/b10-8+. The van der Waals surface area contributed by atoms with Gasteiger partial charge < -0.3 is 0 Å². The Balaban J connectivity index is 1.75. The van der Waals surface area contributed by atoms with Crippen LogP contribution in [-0.2, 0) is 9.59 Å². The number of amides is 2. The molecule has 0 unspecified atom stereocenters. The third-order valence-electron chi connectivity index (χ3n) is 4.91. The van der Waals surface area contributed by atoms with Crippen LogP contribution in [0.4, 0.5) is 17.1 Å². The number of non-ortho nitro benzene ring substituents is 1. The SMILES string of the molecule is O=C1C(=C/C=C/c2cccc([N+](=O)[O-])c2)C(=O)N(c2ccccc2)C(=S)N1c1ccccc1. The molecule has 162 valence electrons. The number of rotatable bonds is 5. The van der Waals surface area contributed by atoms with E-state index in [1.165, 1.54) is 34.1 Å². The number of nitro groups is 1. The van der Waals surface area contributed by atoms with Crippen LogP contribution in [0.3, 0.4) is 0 Å². The van der Waals surface area contributed by atoms with Crippen LogP contribution < -0.4 is 9.80 Å². The van der Waals surface area contributed by atoms with Crippen molar-refractivity contribution in [3.8, 4) is 0 Å². The maximum absolute atomic E-state index is 13.3. The van der Waals surface area contributed by atoms with E-state index in [1.807, 2.05) is 12.1 Å². The van der Waals surface area contributed by atoms with Crippen LogP contribution in [0.5, 0.6) is 0 Å². The summed E-state index contributed by atoms with van der Waals surface area (Å²) >= 11 is 5.55. The summed E-state index contributed by atoms with van der Waals surface area (Å²) in [5, 5.41) is 11.0. The maximum Gasteiger partial charge on any atom is 0.270 e. The first-order chi connectivity index (χ1) is 16.0. The summed E-state index contributed by atoms with van der Waals surface area (Å²) < 4.78 is 0. The molecule has 3 aromatic rings. The van der Waals surface area contributed by atoms with Gasteiger partial charge in [0.05, 0.1) is 16.3 Å². The zero-order chi connectivity index (χ0) is 23.4. The lowest BCUT2D eigenvalue weighted by Crippen LogP contribution is -2.57. The molecular formula is C25H17N3O4S. The Kier molecular flexibility index (Phi) is 6.19. The highest BCUT2D eigenvalue weighted by Crippen LogP contribution is 2.28. The van der Waals surface area contributed by atoms with Crippen LogP contribution >= 0.6 is 12.2 Å². The molecule has 0 atom stereocenters. The Morgan fingerprint density at radius 3 is 1.85 bits per heavy atom. The number of thiocarbonyl (C=S) groups is 1. The molecule has 4 rings (SSSR count). The number of carbonyl (C=O) groups is 2. The molecule has 0 spiro atoms. The van der Waals surface area contributed by atoms with Gasteiger partial charge in [-0.15, -0.1) is 0 Å². The molecule has 2 amide bonds. The predicted octanol–water partition coefficient (Wildman–Crippen LogP) is 4.90. The van der Waals surface area contributed by atoms with Crippen LogP contribution in [0, 0.1) is 10.1 Å². The minimum atomic E-state index is -0.549. The van der Waals surface area contributed by atoms with Crippen molar-refractivity contribution in [3.05, 3.63) is 118 Å². The molecule has 1 heterocycles. The van der Waals surface area contributed by atoms with E-state index in [2.05, 4.69) is 0 Å². The maximum atomic E-state index is 13.3. The minimum absolute atomic E-state index is 0.0505. The molecule has 0 saturated carbocycles. The predicted molar refractivity (Wildman–Crippen MR) is 131 cm³/mol. The molecule has 7 nitrogen and oxygen atoms in total. The number of para-hydroxylation sites is 2. The average Bonchev–Trinajstić information content (AvgIpc) is 2.83. The zero-order valence-corrected chi connectivity index (χ0v) is 18.0. The first-order valence-corrected chi connectivity index (χ1v) is 10.3. The van der Waals surface area contributed by atoms with Gasteiger partial charge in [0.15, 0.2) is 5.11 Å². The van der Waals surface area contributed by atoms with Crippen LogP contribution in [0.2, 0.25) is 0 Å². The summed E-state index contributed by atoms with van der Waals surface area (Å²) in [6.07, 6.45) is 4.51. The first kappa shape index (κ1) is 21.8. The number of hydrogen-bond donors (Lipinski definition) is 0. The first-order valence-electron chi connectivity index (χ1n) is 9.93. The second-order valence-corrected chi connectivity index (χ2v) is 7.39. The molecule has 1 saturated heterocycles. The topological polar surface area (TPSA) is 83.8 Å². The molecule has 0 radical (unpaired) electrons. The molecule has 0 bridgehead atoms. The Morgan fingerprint density at radius 2 is 1.33 bits per heavy atom. The highest BCUT2D eigenvalue weighted by atomic mass is 32.1. The van der Waals surface area contributed by atoms with Gasteiger partial charge in [-0.3, -0.25) is 29.5 Å². The average molecular weight is 455 g/mol. The number of benzene rings is 3. The Bertz CT molecular complexity index is 1240. The quantitative estimate of drug-likeness (QED) is 0.180. The molecule has 1 fully saturated rings. The van der Waals surface area contributed by atoms with Crippen molar-refractivity contribution in [2.75, 3.05) is 9.80 Å². The highest BCUT2D eigenvalue weighted by Gasteiger charge is 2.40. The van der Waals surface area contributed by atoms with Crippen molar-refractivity contribution in [2.24, 2.45) is 0 Å². The molecule has 33 heavy (non-hydrogen) atoms. The van der Waals surface area contributed by atoms with E-state index < -0.39 is 16.7 Å². The van der Waals surface area contributed by atoms with E-state index in [0.717, 1.165) is 0 Å². The summed E-state index contributed by atoms with van der Waals surface area (Å²) in [6, 6.07) is 23.7. The summed E-state index contributed by atoms with van der Waals surface area (Å²) in [4.78, 5) is 39.8. The molecule has 0 aliphatic carbocycles. The number of allylic oxidation sites excluding steroid dienone is 2. The Labute approximate surface area is 195 Å². The second kappa shape index (κ2) is 9.37. The van der Waals surface area contributed by atoms with E-state index in [-0.39, 0.29) is 16.4 Å². The lowest BCUT2D eigenvalue weighted by Gasteiger charge is -2.36. The number of carbonyl (C=O) groups excluding carboxylic acids is 2. The molecular weight excluding hydrogens is 438 g/mol. The lowest BCUT2D eigenvalue weighted by molar-refractivity contribution is -0.384. The van der Waals surface area contributed by atoms with Gasteiger partial charge in [-0.25, -0.2) is 0 Å². The van der Waals surface area contributed by atoms with Crippen molar-refractivity contribution in [3.63, 3.8) is 0 Å². The molecule has 3 aromatic carbocycles. The van der Waals surface area contributed by atoms with Gasteiger partial charge in [0.25, 0.3) is 17.5 Å². The van der Waals surface area contributed by atoms with Gasteiger partial charge in [0, 0.05) is 12.1 Å². The Morgan fingerprint density at radius 1 is 0.788 bits per heavy atom. The molecule has 0 N–H and O–H groups in total. The van der Waals surface area contributed by atoms with E-state index >= 15 is 0 Å². The highest BCUT2D eigenvalue weighted by molar-refractivity contribution is 7.81. The fraction of sp³-hybridized carbons (Fsp3) is 0. The van der Waals surface area contributed by atoms with E-state index in [0.29, 0.717) is 16.9 Å². The van der Waals surface area contributed by atoms with Crippen molar-refractivity contribution in [1.82, 2.24) is 0 Å². The molecule has 0 aromatic heterocycles.